The predicted octanol–water partition coefficient (Wildman–Crippen LogP) is 2.63. The number of nitrogens with one attached hydrogen (secondary N) is 1. The zero-order valence-electron chi connectivity index (χ0n) is 17.3. The molecule has 1 aliphatic heterocycles. The summed E-state index contributed by atoms with van der Waals surface area (Å²) in [4.78, 5) is 16.9. The zero-order valence-corrected chi connectivity index (χ0v) is 18.1. The van der Waals surface area contributed by atoms with Crippen molar-refractivity contribution in [2.45, 2.75) is 32.1 Å². The van der Waals surface area contributed by atoms with E-state index in [1.54, 1.807) is 19.1 Å². The minimum absolute atomic E-state index is 0.0157. The van der Waals surface area contributed by atoms with Crippen molar-refractivity contribution in [1.82, 2.24) is 9.62 Å². The maximum atomic E-state index is 12.6. The minimum Gasteiger partial charge on any atom is -0.368 e. The lowest BCUT2D eigenvalue weighted by Gasteiger charge is -2.36. The van der Waals surface area contributed by atoms with Gasteiger partial charge in [-0.2, -0.15) is 0 Å². The van der Waals surface area contributed by atoms with Gasteiger partial charge in [-0.1, -0.05) is 30.3 Å². The Morgan fingerprint density at radius 1 is 0.966 bits per heavy atom. The SMILES string of the molecule is Cc1ccc(C)c(S(=O)(=O)NCCC(=O)N2CCN(c3ccccc3C)CC2)c1. The Hall–Kier alpha value is -2.38. The largest absolute Gasteiger partial charge is 0.368 e. The first-order valence-corrected chi connectivity index (χ1v) is 11.4. The number of anilines is 1. The number of nitrogens with zero attached hydrogens (tertiary/aromatic N) is 2. The van der Waals surface area contributed by atoms with Crippen molar-refractivity contribution < 1.29 is 13.2 Å². The van der Waals surface area contributed by atoms with Gasteiger partial charge >= 0.3 is 0 Å². The second-order valence-electron chi connectivity index (χ2n) is 7.57. The molecule has 7 heteroatoms. The lowest BCUT2D eigenvalue weighted by molar-refractivity contribution is -0.131. The van der Waals surface area contributed by atoms with Crippen LogP contribution in [0.2, 0.25) is 0 Å². The average Bonchev–Trinajstić information content (AvgIpc) is 2.70. The van der Waals surface area contributed by atoms with Crippen LogP contribution in [0, 0.1) is 20.8 Å². The number of piperazine rings is 1. The van der Waals surface area contributed by atoms with Crippen LogP contribution in [-0.4, -0.2) is 51.9 Å². The van der Waals surface area contributed by atoms with Crippen molar-refractivity contribution in [3.8, 4) is 0 Å². The van der Waals surface area contributed by atoms with E-state index in [4.69, 9.17) is 0 Å². The van der Waals surface area contributed by atoms with E-state index in [0.717, 1.165) is 18.7 Å². The summed E-state index contributed by atoms with van der Waals surface area (Å²) in [5.41, 5.74) is 4.02. The van der Waals surface area contributed by atoms with E-state index in [2.05, 4.69) is 28.7 Å². The standard InChI is InChI=1S/C22H29N3O3S/c1-17-8-9-19(3)21(16-17)29(27,28)23-11-10-22(26)25-14-12-24(13-15-25)20-7-5-4-6-18(20)2/h4-9,16,23H,10-15H2,1-3H3. The number of hydrogen-bond donors (Lipinski definition) is 1. The number of aryl methyl sites for hydroxylation is 3. The van der Waals surface area contributed by atoms with Gasteiger partial charge in [0.05, 0.1) is 4.90 Å². The monoisotopic (exact) mass is 415 g/mol. The van der Waals surface area contributed by atoms with E-state index in [0.29, 0.717) is 18.7 Å². The van der Waals surface area contributed by atoms with E-state index >= 15 is 0 Å². The summed E-state index contributed by atoms with van der Waals surface area (Å²) in [7, 11) is -3.62. The molecule has 2 aromatic rings. The van der Waals surface area contributed by atoms with E-state index in [9.17, 15) is 13.2 Å². The zero-order chi connectivity index (χ0) is 21.0. The molecular formula is C22H29N3O3S. The number of sulfonamides is 1. The van der Waals surface area contributed by atoms with Crippen LogP contribution in [-0.2, 0) is 14.8 Å². The molecule has 6 nitrogen and oxygen atoms in total. The van der Waals surface area contributed by atoms with E-state index in [-0.39, 0.29) is 23.8 Å². The maximum absolute atomic E-state index is 12.6. The van der Waals surface area contributed by atoms with Crippen LogP contribution in [0.3, 0.4) is 0 Å². The molecule has 156 valence electrons. The van der Waals surface area contributed by atoms with Gasteiger partial charge < -0.3 is 9.80 Å². The third-order valence-electron chi connectivity index (χ3n) is 5.35. The van der Waals surface area contributed by atoms with Crippen LogP contribution < -0.4 is 9.62 Å². The summed E-state index contributed by atoms with van der Waals surface area (Å²) in [6, 6.07) is 13.6. The van der Waals surface area contributed by atoms with Crippen molar-refractivity contribution >= 4 is 21.6 Å². The highest BCUT2D eigenvalue weighted by Crippen LogP contribution is 2.21. The highest BCUT2D eigenvalue weighted by molar-refractivity contribution is 7.89. The average molecular weight is 416 g/mol. The maximum Gasteiger partial charge on any atom is 0.240 e. The van der Waals surface area contributed by atoms with Gasteiger partial charge in [-0.15, -0.1) is 0 Å². The lowest BCUT2D eigenvalue weighted by atomic mass is 10.1. The van der Waals surface area contributed by atoms with Crippen LogP contribution in [0.5, 0.6) is 0 Å². The molecule has 0 saturated carbocycles. The highest BCUT2D eigenvalue weighted by atomic mass is 32.2. The Morgan fingerprint density at radius 3 is 2.34 bits per heavy atom. The number of carbonyl (C=O) groups excluding carboxylic acids is 1. The summed E-state index contributed by atoms with van der Waals surface area (Å²) >= 11 is 0. The van der Waals surface area contributed by atoms with Crippen LogP contribution in [0.4, 0.5) is 5.69 Å². The molecule has 29 heavy (non-hydrogen) atoms. The summed E-state index contributed by atoms with van der Waals surface area (Å²) in [5, 5.41) is 0. The molecule has 1 saturated heterocycles. The molecule has 0 bridgehead atoms. The Kier molecular flexibility index (Phi) is 6.59. The first-order chi connectivity index (χ1) is 13.8. The number of carbonyl (C=O) groups is 1. The fraction of sp³-hybridized carbons (Fsp3) is 0.409. The fourth-order valence-corrected chi connectivity index (χ4v) is 5.00. The van der Waals surface area contributed by atoms with Crippen LogP contribution in [0.1, 0.15) is 23.1 Å². The van der Waals surface area contributed by atoms with Crippen molar-refractivity contribution in [2.24, 2.45) is 0 Å². The number of rotatable bonds is 6. The van der Waals surface area contributed by atoms with E-state index in [1.807, 2.05) is 30.0 Å². The van der Waals surface area contributed by atoms with Crippen molar-refractivity contribution in [3.05, 3.63) is 59.2 Å². The fourth-order valence-electron chi connectivity index (χ4n) is 3.64. The van der Waals surface area contributed by atoms with Gasteiger partial charge in [0.15, 0.2) is 0 Å². The summed E-state index contributed by atoms with van der Waals surface area (Å²) in [6.07, 6.45) is 0.161. The predicted molar refractivity (Wildman–Crippen MR) is 116 cm³/mol. The van der Waals surface area contributed by atoms with Gasteiger partial charge in [-0.25, -0.2) is 13.1 Å². The third-order valence-corrected chi connectivity index (χ3v) is 6.96. The van der Waals surface area contributed by atoms with E-state index in [1.165, 1.54) is 11.3 Å². The molecule has 2 aromatic carbocycles. The van der Waals surface area contributed by atoms with Gasteiger partial charge in [0.25, 0.3) is 0 Å². The molecule has 3 rings (SSSR count). The smallest absolute Gasteiger partial charge is 0.240 e. The number of amides is 1. The Morgan fingerprint density at radius 2 is 1.66 bits per heavy atom. The molecule has 0 atom stereocenters. The summed E-state index contributed by atoms with van der Waals surface area (Å²) < 4.78 is 27.7. The van der Waals surface area contributed by atoms with Gasteiger partial charge in [0, 0.05) is 44.8 Å². The normalized spacial score (nSPS) is 14.9. The Labute approximate surface area is 173 Å². The molecule has 1 heterocycles. The van der Waals surface area contributed by atoms with Crippen LogP contribution in [0.25, 0.3) is 0 Å². The second-order valence-corrected chi connectivity index (χ2v) is 9.31. The van der Waals surface area contributed by atoms with Gasteiger partial charge in [0.1, 0.15) is 0 Å². The van der Waals surface area contributed by atoms with Crippen molar-refractivity contribution in [1.29, 1.82) is 0 Å². The Balaban J connectivity index is 1.50. The summed E-state index contributed by atoms with van der Waals surface area (Å²) in [6.45, 7) is 8.69. The number of hydrogen-bond acceptors (Lipinski definition) is 4. The molecule has 0 radical (unpaired) electrons. The molecule has 0 aromatic heterocycles. The van der Waals surface area contributed by atoms with Gasteiger partial charge in [-0.3, -0.25) is 4.79 Å². The van der Waals surface area contributed by atoms with Gasteiger partial charge in [0.2, 0.25) is 15.9 Å². The van der Waals surface area contributed by atoms with Crippen LogP contribution in [0.15, 0.2) is 47.4 Å². The van der Waals surface area contributed by atoms with Crippen molar-refractivity contribution in [3.63, 3.8) is 0 Å². The van der Waals surface area contributed by atoms with Crippen LogP contribution >= 0.6 is 0 Å². The van der Waals surface area contributed by atoms with E-state index < -0.39 is 10.0 Å². The lowest BCUT2D eigenvalue weighted by Crippen LogP contribution is -2.49. The number of para-hydroxylation sites is 1. The molecule has 1 fully saturated rings. The molecule has 0 aliphatic carbocycles. The first kappa shape index (κ1) is 21.3. The topological polar surface area (TPSA) is 69.7 Å². The molecule has 1 amide bonds. The molecule has 0 spiro atoms. The third kappa shape index (κ3) is 5.16. The highest BCUT2D eigenvalue weighted by Gasteiger charge is 2.23. The summed E-state index contributed by atoms with van der Waals surface area (Å²) in [5.74, 6) is -0.0157. The minimum atomic E-state index is -3.62. The molecule has 0 unspecified atom stereocenters. The van der Waals surface area contributed by atoms with Crippen molar-refractivity contribution in [2.75, 3.05) is 37.6 Å². The Bertz CT molecular complexity index is 981. The molecular weight excluding hydrogens is 386 g/mol. The molecule has 1 aliphatic rings. The van der Waals surface area contributed by atoms with Gasteiger partial charge in [-0.05, 0) is 49.6 Å². The number of benzene rings is 2. The second kappa shape index (κ2) is 8.97. The first-order valence-electron chi connectivity index (χ1n) is 9.93. The quantitative estimate of drug-likeness (QED) is 0.787. The molecule has 1 N–H and O–H groups in total.